The molecule has 0 saturated carbocycles. The van der Waals surface area contributed by atoms with Gasteiger partial charge in [0.15, 0.2) is 0 Å². The van der Waals surface area contributed by atoms with Gasteiger partial charge in [0.1, 0.15) is 6.04 Å². The van der Waals surface area contributed by atoms with E-state index < -0.39 is 12.0 Å². The Kier molecular flexibility index (Phi) is 7.04. The van der Waals surface area contributed by atoms with Crippen LogP contribution in [-0.2, 0) is 9.53 Å². The largest absolute Gasteiger partial charge is 0.480 e. The molecule has 0 saturated heterocycles. The highest BCUT2D eigenvalue weighted by Gasteiger charge is 2.18. The van der Waals surface area contributed by atoms with Gasteiger partial charge in [-0.3, -0.25) is 10.1 Å². The monoisotopic (exact) mass is 280 g/mol. The van der Waals surface area contributed by atoms with Gasteiger partial charge in [-0.25, -0.2) is 0 Å². The summed E-state index contributed by atoms with van der Waals surface area (Å²) in [5.41, 5.74) is 1.87. The topological polar surface area (TPSA) is 61.8 Å². The molecule has 0 bridgehead atoms. The van der Waals surface area contributed by atoms with Gasteiger partial charge in [0.2, 0.25) is 0 Å². The molecule has 5 heteroatoms. The summed E-state index contributed by atoms with van der Waals surface area (Å²) in [6.45, 7) is 7.06. The smallest absolute Gasteiger partial charge is 0.325 e. The molecule has 0 fully saturated rings. The number of rotatable bonds is 9. The molecule has 1 rings (SSSR count). The van der Waals surface area contributed by atoms with Crippen LogP contribution in [0.15, 0.2) is 24.3 Å². The second-order valence-electron chi connectivity index (χ2n) is 4.48. The predicted molar refractivity (Wildman–Crippen MR) is 80.3 cm³/mol. The summed E-state index contributed by atoms with van der Waals surface area (Å²) in [7, 11) is 1.59. The van der Waals surface area contributed by atoms with E-state index in [1.807, 2.05) is 24.3 Å². The molecule has 112 valence electrons. The molecule has 1 unspecified atom stereocenters. The second kappa shape index (κ2) is 8.55. The number of nitrogens with zero attached hydrogens (tertiary/aromatic N) is 1. The van der Waals surface area contributed by atoms with E-state index in [0.29, 0.717) is 13.2 Å². The third-order valence-corrected chi connectivity index (χ3v) is 3.26. The Balaban J connectivity index is 2.79. The first-order valence-corrected chi connectivity index (χ1v) is 6.94. The van der Waals surface area contributed by atoms with E-state index in [1.54, 1.807) is 7.11 Å². The molecule has 0 aliphatic heterocycles. The van der Waals surface area contributed by atoms with Crippen molar-refractivity contribution in [1.82, 2.24) is 5.32 Å². The van der Waals surface area contributed by atoms with E-state index in [0.717, 1.165) is 24.3 Å². The molecule has 0 aromatic heterocycles. The Hall–Kier alpha value is -1.59. The molecule has 0 heterocycles. The quantitative estimate of drug-likeness (QED) is 0.676. The summed E-state index contributed by atoms with van der Waals surface area (Å²) in [5.74, 6) is -0.878. The van der Waals surface area contributed by atoms with Gasteiger partial charge in [0.05, 0.1) is 6.61 Å². The summed E-state index contributed by atoms with van der Waals surface area (Å²) in [6, 6.07) is 6.97. The molecule has 0 aliphatic rings. The molecular formula is C15H24N2O3. The Morgan fingerprint density at radius 2 is 1.90 bits per heavy atom. The lowest BCUT2D eigenvalue weighted by Crippen LogP contribution is -2.31. The number of hydrogen-bond acceptors (Lipinski definition) is 4. The van der Waals surface area contributed by atoms with Crippen LogP contribution in [0.25, 0.3) is 0 Å². The minimum absolute atomic E-state index is 0.487. The van der Waals surface area contributed by atoms with Crippen molar-refractivity contribution in [3.8, 4) is 0 Å². The predicted octanol–water partition coefficient (Wildman–Crippen LogP) is 1.89. The fourth-order valence-corrected chi connectivity index (χ4v) is 2.12. The summed E-state index contributed by atoms with van der Waals surface area (Å²) >= 11 is 0. The van der Waals surface area contributed by atoms with Crippen molar-refractivity contribution in [2.45, 2.75) is 19.9 Å². The first-order valence-electron chi connectivity index (χ1n) is 6.94. The van der Waals surface area contributed by atoms with Gasteiger partial charge in [0.25, 0.3) is 0 Å². The standard InChI is InChI=1S/C15H24N2O3/c1-4-17(5-2)13-8-6-12(7-9-13)14(15(18)19)16-10-11-20-3/h6-9,14,16H,4-5,10-11H2,1-3H3,(H,18,19). The van der Waals surface area contributed by atoms with Crippen LogP contribution in [0.1, 0.15) is 25.5 Å². The van der Waals surface area contributed by atoms with Gasteiger partial charge in [-0.2, -0.15) is 0 Å². The van der Waals surface area contributed by atoms with Crippen molar-refractivity contribution in [3.05, 3.63) is 29.8 Å². The average Bonchev–Trinajstić information content (AvgIpc) is 2.45. The summed E-state index contributed by atoms with van der Waals surface area (Å²) in [5, 5.41) is 12.3. The highest BCUT2D eigenvalue weighted by Crippen LogP contribution is 2.19. The van der Waals surface area contributed by atoms with E-state index in [4.69, 9.17) is 4.74 Å². The summed E-state index contributed by atoms with van der Waals surface area (Å²) in [4.78, 5) is 13.5. The van der Waals surface area contributed by atoms with E-state index >= 15 is 0 Å². The van der Waals surface area contributed by atoms with Crippen LogP contribution >= 0.6 is 0 Å². The van der Waals surface area contributed by atoms with Gasteiger partial charge in [0, 0.05) is 32.4 Å². The van der Waals surface area contributed by atoms with Gasteiger partial charge in [-0.05, 0) is 31.5 Å². The lowest BCUT2D eigenvalue weighted by Gasteiger charge is -2.22. The molecule has 20 heavy (non-hydrogen) atoms. The SMILES string of the molecule is CCN(CC)c1ccc(C(NCCOC)C(=O)O)cc1. The van der Waals surface area contributed by atoms with Crippen LogP contribution < -0.4 is 10.2 Å². The molecule has 2 N–H and O–H groups in total. The molecule has 0 spiro atoms. The Morgan fingerprint density at radius 3 is 2.35 bits per heavy atom. The number of carboxylic acids is 1. The summed E-state index contributed by atoms with van der Waals surface area (Å²) in [6.07, 6.45) is 0. The maximum absolute atomic E-state index is 11.3. The molecule has 1 atom stereocenters. The Labute approximate surface area is 120 Å². The van der Waals surface area contributed by atoms with Gasteiger partial charge >= 0.3 is 5.97 Å². The summed E-state index contributed by atoms with van der Waals surface area (Å²) < 4.78 is 4.93. The highest BCUT2D eigenvalue weighted by atomic mass is 16.5. The first kappa shape index (κ1) is 16.5. The van der Waals surface area contributed by atoms with E-state index in [-0.39, 0.29) is 0 Å². The number of hydrogen-bond donors (Lipinski definition) is 2. The van der Waals surface area contributed by atoms with E-state index in [2.05, 4.69) is 24.1 Å². The van der Waals surface area contributed by atoms with Crippen LogP contribution in [0.2, 0.25) is 0 Å². The molecule has 5 nitrogen and oxygen atoms in total. The van der Waals surface area contributed by atoms with Crippen molar-refractivity contribution in [2.24, 2.45) is 0 Å². The van der Waals surface area contributed by atoms with E-state index in [9.17, 15) is 9.90 Å². The minimum atomic E-state index is -0.878. The molecule has 1 aromatic rings. The zero-order valence-corrected chi connectivity index (χ0v) is 12.4. The number of ether oxygens (including phenoxy) is 1. The zero-order chi connectivity index (χ0) is 15.0. The first-order chi connectivity index (χ1) is 9.63. The van der Waals surface area contributed by atoms with Gasteiger partial charge in [-0.15, -0.1) is 0 Å². The fraction of sp³-hybridized carbons (Fsp3) is 0.533. The average molecular weight is 280 g/mol. The zero-order valence-electron chi connectivity index (χ0n) is 12.4. The lowest BCUT2D eigenvalue weighted by atomic mass is 10.1. The molecule has 0 aliphatic carbocycles. The van der Waals surface area contributed by atoms with E-state index in [1.165, 1.54) is 0 Å². The number of benzene rings is 1. The van der Waals surface area contributed by atoms with Crippen molar-refractivity contribution < 1.29 is 14.6 Å². The normalized spacial score (nSPS) is 12.2. The fourth-order valence-electron chi connectivity index (χ4n) is 2.12. The second-order valence-corrected chi connectivity index (χ2v) is 4.48. The van der Waals surface area contributed by atoms with Crippen molar-refractivity contribution >= 4 is 11.7 Å². The highest BCUT2D eigenvalue weighted by molar-refractivity contribution is 5.75. The molecular weight excluding hydrogens is 256 g/mol. The van der Waals surface area contributed by atoms with Gasteiger partial charge in [-0.1, -0.05) is 12.1 Å². The maximum Gasteiger partial charge on any atom is 0.325 e. The van der Waals surface area contributed by atoms with Crippen LogP contribution in [0.5, 0.6) is 0 Å². The third-order valence-electron chi connectivity index (χ3n) is 3.26. The van der Waals surface area contributed by atoms with Crippen LogP contribution in [-0.4, -0.2) is 44.4 Å². The Morgan fingerprint density at radius 1 is 1.30 bits per heavy atom. The Bertz CT molecular complexity index is 402. The van der Waals surface area contributed by atoms with Crippen LogP contribution in [0.3, 0.4) is 0 Å². The maximum atomic E-state index is 11.3. The van der Waals surface area contributed by atoms with Gasteiger partial charge < -0.3 is 14.7 Å². The number of carbonyl (C=O) groups is 1. The molecule has 1 aromatic carbocycles. The molecule has 0 radical (unpaired) electrons. The number of anilines is 1. The van der Waals surface area contributed by atoms with Crippen LogP contribution in [0.4, 0.5) is 5.69 Å². The number of nitrogens with one attached hydrogen (secondary N) is 1. The van der Waals surface area contributed by atoms with Crippen molar-refractivity contribution in [3.63, 3.8) is 0 Å². The number of carboxylic acid groups (broad SMARTS) is 1. The van der Waals surface area contributed by atoms with Crippen LogP contribution in [0, 0.1) is 0 Å². The number of methoxy groups -OCH3 is 1. The minimum Gasteiger partial charge on any atom is -0.480 e. The van der Waals surface area contributed by atoms with Crippen molar-refractivity contribution in [2.75, 3.05) is 38.3 Å². The molecule has 0 amide bonds. The lowest BCUT2D eigenvalue weighted by molar-refractivity contribution is -0.139. The van der Waals surface area contributed by atoms with Crippen molar-refractivity contribution in [1.29, 1.82) is 0 Å². The third kappa shape index (κ3) is 4.51. The number of aliphatic carboxylic acids is 1.